The molecular weight excluding hydrogens is 482 g/mol. The van der Waals surface area contributed by atoms with Gasteiger partial charge in [-0.3, -0.25) is 9.59 Å². The van der Waals surface area contributed by atoms with E-state index in [0.29, 0.717) is 11.3 Å². The van der Waals surface area contributed by atoms with Crippen LogP contribution in [-0.2, 0) is 14.3 Å². The number of carbonyl (C=O) groups excluding carboxylic acids is 3. The fourth-order valence-electron chi connectivity index (χ4n) is 4.28. The van der Waals surface area contributed by atoms with Gasteiger partial charge < -0.3 is 25.4 Å². The van der Waals surface area contributed by atoms with Gasteiger partial charge >= 0.3 is 6.09 Å². The van der Waals surface area contributed by atoms with Gasteiger partial charge in [-0.1, -0.05) is 54.1 Å². The van der Waals surface area contributed by atoms with Crippen molar-refractivity contribution in [3.8, 4) is 0 Å². The fourth-order valence-corrected chi connectivity index (χ4v) is 4.28. The van der Waals surface area contributed by atoms with Gasteiger partial charge in [-0.25, -0.2) is 4.79 Å². The van der Waals surface area contributed by atoms with E-state index in [-0.39, 0.29) is 6.54 Å². The molecule has 0 aliphatic rings. The van der Waals surface area contributed by atoms with Gasteiger partial charge in [0.15, 0.2) is 0 Å². The van der Waals surface area contributed by atoms with Crippen molar-refractivity contribution >= 4 is 34.4 Å². The van der Waals surface area contributed by atoms with Crippen molar-refractivity contribution in [1.82, 2.24) is 10.2 Å². The normalized spacial score (nSPS) is 12.9. The molecule has 2 unspecified atom stereocenters. The highest BCUT2D eigenvalue weighted by Gasteiger charge is 2.36. The maximum Gasteiger partial charge on any atom is 0.408 e. The first-order valence-corrected chi connectivity index (χ1v) is 12.7. The first-order valence-electron chi connectivity index (χ1n) is 12.7. The Morgan fingerprint density at radius 1 is 0.974 bits per heavy atom. The van der Waals surface area contributed by atoms with Gasteiger partial charge in [0.2, 0.25) is 5.91 Å². The molecule has 3 rings (SSSR count). The number of hydrogen-bond acceptors (Lipinski definition) is 5. The molecule has 0 aromatic heterocycles. The lowest BCUT2D eigenvalue weighted by molar-refractivity contribution is -0.141. The molecule has 0 aliphatic heterocycles. The number of fused-ring (bicyclic) bond motifs is 1. The molecule has 0 spiro atoms. The number of rotatable bonds is 8. The van der Waals surface area contributed by atoms with Gasteiger partial charge in [0.1, 0.15) is 17.7 Å². The second kappa shape index (κ2) is 12.1. The van der Waals surface area contributed by atoms with E-state index >= 15 is 0 Å². The summed E-state index contributed by atoms with van der Waals surface area (Å²) in [5.74, 6) is -1.00. The van der Waals surface area contributed by atoms with Crippen LogP contribution in [0.2, 0.25) is 0 Å². The number of carbonyl (C=O) groups is 3. The zero-order valence-electron chi connectivity index (χ0n) is 22.9. The molecule has 202 valence electrons. The van der Waals surface area contributed by atoms with Crippen LogP contribution in [0.3, 0.4) is 0 Å². The molecule has 2 atom stereocenters. The van der Waals surface area contributed by atoms with Crippen molar-refractivity contribution in [1.29, 1.82) is 0 Å². The van der Waals surface area contributed by atoms with Crippen LogP contribution in [0.15, 0.2) is 60.7 Å². The Balaban J connectivity index is 1.97. The zero-order valence-corrected chi connectivity index (χ0v) is 22.9. The summed E-state index contributed by atoms with van der Waals surface area (Å²) in [5.41, 5.74) is 2.24. The van der Waals surface area contributed by atoms with Gasteiger partial charge in [-0.15, -0.1) is 0 Å². The van der Waals surface area contributed by atoms with Gasteiger partial charge in [0.05, 0.1) is 6.61 Å². The predicted molar refractivity (Wildman–Crippen MR) is 149 cm³/mol. The monoisotopic (exact) mass is 519 g/mol. The number of nitrogens with one attached hydrogen (secondary N) is 2. The molecule has 3 aromatic carbocycles. The number of ether oxygens (including phenoxy) is 1. The number of amides is 3. The van der Waals surface area contributed by atoms with E-state index in [0.717, 1.165) is 21.9 Å². The highest BCUT2D eigenvalue weighted by atomic mass is 16.6. The molecular formula is C30H37N3O5. The maximum absolute atomic E-state index is 13.9. The van der Waals surface area contributed by atoms with E-state index in [4.69, 9.17) is 4.74 Å². The highest BCUT2D eigenvalue weighted by Crippen LogP contribution is 2.28. The number of likely N-dealkylation sites (N-methyl/N-ethyl adjacent to an activating group) is 1. The Labute approximate surface area is 224 Å². The second-order valence-electron chi connectivity index (χ2n) is 10.3. The average Bonchev–Trinajstić information content (AvgIpc) is 2.85. The van der Waals surface area contributed by atoms with Crippen LogP contribution in [-0.4, -0.2) is 52.7 Å². The smallest absolute Gasteiger partial charge is 0.408 e. The van der Waals surface area contributed by atoms with Crippen LogP contribution in [0.5, 0.6) is 0 Å². The first kappa shape index (κ1) is 28.7. The minimum Gasteiger partial charge on any atom is -0.444 e. The Kier molecular flexibility index (Phi) is 9.12. The molecule has 3 amide bonds. The molecule has 0 saturated heterocycles. The van der Waals surface area contributed by atoms with Crippen molar-refractivity contribution in [2.75, 3.05) is 18.5 Å². The zero-order chi connectivity index (χ0) is 28.0. The highest BCUT2D eigenvalue weighted by molar-refractivity contribution is 6.00. The predicted octanol–water partition coefficient (Wildman–Crippen LogP) is 4.87. The molecule has 38 heavy (non-hydrogen) atoms. The molecule has 0 heterocycles. The molecule has 3 aromatic rings. The lowest BCUT2D eigenvalue weighted by atomic mass is 9.96. The van der Waals surface area contributed by atoms with Gasteiger partial charge in [0, 0.05) is 12.2 Å². The summed E-state index contributed by atoms with van der Waals surface area (Å²) >= 11 is 0. The lowest BCUT2D eigenvalue weighted by Gasteiger charge is -2.34. The van der Waals surface area contributed by atoms with E-state index in [9.17, 15) is 19.5 Å². The van der Waals surface area contributed by atoms with Crippen LogP contribution in [0.1, 0.15) is 50.4 Å². The minimum absolute atomic E-state index is 0.161. The summed E-state index contributed by atoms with van der Waals surface area (Å²) in [6, 6.07) is 16.9. The summed E-state index contributed by atoms with van der Waals surface area (Å²) in [6.07, 6.45) is -0.829. The third kappa shape index (κ3) is 7.10. The van der Waals surface area contributed by atoms with Crippen LogP contribution in [0.25, 0.3) is 10.8 Å². The number of alkyl carbamates (subject to hydrolysis) is 1. The van der Waals surface area contributed by atoms with Crippen molar-refractivity contribution < 1.29 is 24.2 Å². The van der Waals surface area contributed by atoms with E-state index in [2.05, 4.69) is 10.6 Å². The van der Waals surface area contributed by atoms with Gasteiger partial charge in [0.25, 0.3) is 5.91 Å². The largest absolute Gasteiger partial charge is 0.444 e. The molecule has 0 saturated carbocycles. The van der Waals surface area contributed by atoms with Gasteiger partial charge in [-0.2, -0.15) is 0 Å². The Morgan fingerprint density at radius 3 is 2.29 bits per heavy atom. The molecule has 8 nitrogen and oxygen atoms in total. The molecule has 0 bridgehead atoms. The van der Waals surface area contributed by atoms with Crippen LogP contribution >= 0.6 is 0 Å². The second-order valence-corrected chi connectivity index (χ2v) is 10.3. The van der Waals surface area contributed by atoms with Crippen molar-refractivity contribution in [3.63, 3.8) is 0 Å². The first-order chi connectivity index (χ1) is 17.9. The Morgan fingerprint density at radius 2 is 1.66 bits per heavy atom. The summed E-state index contributed by atoms with van der Waals surface area (Å²) in [5, 5.41) is 17.4. The number of hydrogen-bond donors (Lipinski definition) is 3. The number of nitrogens with zero attached hydrogens (tertiary/aromatic N) is 1. The summed E-state index contributed by atoms with van der Waals surface area (Å²) in [4.78, 5) is 41.3. The minimum atomic E-state index is -1.29. The third-order valence-electron chi connectivity index (χ3n) is 6.10. The Hall–Kier alpha value is -3.91. The topological polar surface area (TPSA) is 108 Å². The summed E-state index contributed by atoms with van der Waals surface area (Å²) in [7, 11) is 0. The number of benzene rings is 3. The SMILES string of the molecule is CCN(C(=O)C(CO)NC(=O)OC(C)(C)C)C(C(=O)Nc1ccc2ccccc2c1)c1cc(C)ccc1C. The van der Waals surface area contributed by atoms with E-state index < -0.39 is 42.2 Å². The van der Waals surface area contributed by atoms with Crippen LogP contribution in [0.4, 0.5) is 10.5 Å². The lowest BCUT2D eigenvalue weighted by Crippen LogP contribution is -2.53. The average molecular weight is 520 g/mol. The number of aryl methyl sites for hydroxylation is 2. The fraction of sp³-hybridized carbons (Fsp3) is 0.367. The molecule has 0 fully saturated rings. The van der Waals surface area contributed by atoms with Crippen molar-refractivity contribution in [2.24, 2.45) is 0 Å². The molecule has 8 heteroatoms. The quantitative estimate of drug-likeness (QED) is 0.394. The van der Waals surface area contributed by atoms with E-state index in [1.807, 2.05) is 74.5 Å². The summed E-state index contributed by atoms with van der Waals surface area (Å²) < 4.78 is 5.26. The standard InChI is InChI=1S/C30H37N3O5/c1-7-33(28(36)25(18-34)32-29(37)38-30(4,5)6)26(24-16-19(2)12-13-20(24)3)27(35)31-23-15-14-21-10-8-9-11-22(21)17-23/h8-17,25-26,34H,7,18H2,1-6H3,(H,31,35)(H,32,37). The molecule has 0 radical (unpaired) electrons. The number of aliphatic hydroxyl groups excluding tert-OH is 1. The van der Waals surface area contributed by atoms with Crippen molar-refractivity contribution in [2.45, 2.75) is 59.2 Å². The number of anilines is 1. The van der Waals surface area contributed by atoms with Gasteiger partial charge in [-0.05, 0) is 75.6 Å². The maximum atomic E-state index is 13.9. The van der Waals surface area contributed by atoms with Crippen molar-refractivity contribution in [3.05, 3.63) is 77.4 Å². The molecule has 3 N–H and O–H groups in total. The van der Waals surface area contributed by atoms with E-state index in [1.54, 1.807) is 27.7 Å². The van der Waals surface area contributed by atoms with E-state index in [1.165, 1.54) is 4.90 Å². The van der Waals surface area contributed by atoms with Crippen LogP contribution in [0, 0.1) is 13.8 Å². The molecule has 0 aliphatic carbocycles. The number of aliphatic hydroxyl groups is 1. The van der Waals surface area contributed by atoms with Crippen LogP contribution < -0.4 is 10.6 Å². The Bertz CT molecular complexity index is 1310. The third-order valence-corrected chi connectivity index (χ3v) is 6.10. The summed E-state index contributed by atoms with van der Waals surface area (Å²) in [6.45, 7) is 10.2.